The molecule has 3 aromatic rings. The minimum Gasteiger partial charge on any atom is -0.372 e. The fourth-order valence-electron chi connectivity index (χ4n) is 2.34. The predicted octanol–water partition coefficient (Wildman–Crippen LogP) is -5.89. The van der Waals surface area contributed by atoms with E-state index in [1.807, 2.05) is 59.5 Å². The summed E-state index contributed by atoms with van der Waals surface area (Å²) in [4.78, 5) is 14.8. The van der Waals surface area contributed by atoms with Gasteiger partial charge in [-0.1, -0.05) is 18.2 Å². The Morgan fingerprint density at radius 1 is 0.700 bits per heavy atom. The quantitative estimate of drug-likeness (QED) is 0.191. The van der Waals surface area contributed by atoms with E-state index in [0.717, 1.165) is 11.4 Å². The Kier molecular flexibility index (Phi) is 25.1. The van der Waals surface area contributed by atoms with Gasteiger partial charge in [-0.25, -0.2) is 37.3 Å². The van der Waals surface area contributed by atoms with Gasteiger partial charge in [0.1, 0.15) is 0 Å². The third-order valence-electron chi connectivity index (χ3n) is 3.48. The van der Waals surface area contributed by atoms with Crippen molar-refractivity contribution >= 4 is 0 Å². The van der Waals surface area contributed by atoms with E-state index in [1.165, 1.54) is 13.8 Å². The van der Waals surface area contributed by atoms with E-state index < -0.39 is 26.7 Å². The Balaban J connectivity index is -0.000000669. The molecule has 0 aromatic carbocycles. The molecule has 0 radical (unpaired) electrons. The first-order chi connectivity index (χ1) is 18.2. The number of aromatic nitrogens is 3. The fraction of sp³-hybridized carbons (Fsp3) is 0.227. The van der Waals surface area contributed by atoms with Crippen LogP contribution in [0.5, 0.6) is 0 Å². The van der Waals surface area contributed by atoms with Crippen LogP contribution in [0.3, 0.4) is 0 Å². The number of aliphatic hydroxyl groups excluding tert-OH is 1. The van der Waals surface area contributed by atoms with Crippen LogP contribution < -0.4 is 37.3 Å². The third kappa shape index (κ3) is 29.8. The molecule has 0 saturated heterocycles. The number of halogens is 2. The molecule has 40 heavy (non-hydrogen) atoms. The van der Waals surface area contributed by atoms with Gasteiger partial charge >= 0.3 is 19.5 Å². The van der Waals surface area contributed by atoms with Crippen LogP contribution in [0.25, 0.3) is 0 Å². The van der Waals surface area contributed by atoms with Crippen molar-refractivity contribution in [3.63, 3.8) is 0 Å². The summed E-state index contributed by atoms with van der Waals surface area (Å²) in [7, 11) is -9.89. The van der Waals surface area contributed by atoms with E-state index in [1.54, 1.807) is 30.7 Å². The molecule has 15 nitrogen and oxygen atoms in total. The number of aliphatic hydroxyl groups is 1. The Morgan fingerprint density at radius 2 is 1.00 bits per heavy atom. The predicted molar refractivity (Wildman–Crippen MR) is 109 cm³/mol. The summed E-state index contributed by atoms with van der Waals surface area (Å²) >= 11 is 0. The molecule has 0 aliphatic carbocycles. The largest absolute Gasteiger partial charge is 2.00 e. The van der Waals surface area contributed by atoms with E-state index in [4.69, 9.17) is 47.8 Å². The zero-order valence-electron chi connectivity index (χ0n) is 21.3. The second kappa shape index (κ2) is 24.1. The molecule has 3 heterocycles. The second-order valence-corrected chi connectivity index (χ2v) is 7.89. The zero-order chi connectivity index (χ0) is 30.3. The summed E-state index contributed by atoms with van der Waals surface area (Å²) < 4.78 is 67.9. The van der Waals surface area contributed by atoms with Crippen LogP contribution in [0.15, 0.2) is 73.2 Å². The molecule has 0 bridgehead atoms. The molecule has 0 aliphatic rings. The molecular weight excluding hydrogens is 629 g/mol. The number of hydrogen-bond donors (Lipinski definition) is 1. The van der Waals surface area contributed by atoms with Crippen LogP contribution >= 0.6 is 0 Å². The number of nitrogens with zero attached hydrogens (tertiary/aromatic N) is 6. The van der Waals surface area contributed by atoms with Gasteiger partial charge < -0.3 is 5.11 Å². The number of nitriles is 2. The van der Waals surface area contributed by atoms with Crippen molar-refractivity contribution in [3.05, 3.63) is 90.3 Å². The van der Waals surface area contributed by atoms with Crippen LogP contribution in [0.4, 0.5) is 0 Å². The Hall–Kier alpha value is -2.77. The molecule has 0 saturated carbocycles. The first-order valence-corrected chi connectivity index (χ1v) is 12.6. The topological polar surface area (TPSA) is 294 Å². The van der Waals surface area contributed by atoms with E-state index in [2.05, 4.69) is 15.0 Å². The molecule has 0 spiro atoms. The van der Waals surface area contributed by atoms with Crippen molar-refractivity contribution < 1.29 is 82.3 Å². The van der Waals surface area contributed by atoms with Gasteiger partial charge in [-0.05, 0) is 36.4 Å². The van der Waals surface area contributed by atoms with E-state index in [9.17, 15) is 5.11 Å². The van der Waals surface area contributed by atoms with Crippen molar-refractivity contribution in [2.45, 2.75) is 33.2 Å². The first kappa shape index (κ1) is 41.7. The smallest absolute Gasteiger partial charge is 0.372 e. The van der Waals surface area contributed by atoms with Gasteiger partial charge in [-0.15, -0.1) is 20.5 Å². The van der Waals surface area contributed by atoms with E-state index >= 15 is 0 Å². The van der Waals surface area contributed by atoms with Gasteiger partial charge in [0.05, 0.1) is 29.2 Å². The van der Waals surface area contributed by atoms with Crippen molar-refractivity contribution in [1.82, 2.24) is 19.9 Å². The minimum absolute atomic E-state index is 0. The molecule has 0 fully saturated rings. The van der Waals surface area contributed by atoms with Gasteiger partial charge in [0.2, 0.25) is 0 Å². The van der Waals surface area contributed by atoms with Crippen LogP contribution in [0.1, 0.15) is 37.2 Å². The van der Waals surface area contributed by atoms with Crippen LogP contribution in [-0.4, -0.2) is 25.0 Å². The second-order valence-electron chi connectivity index (χ2n) is 6.38. The normalized spacial score (nSPS) is 10.4. The molecule has 18 heteroatoms. The van der Waals surface area contributed by atoms with Gasteiger partial charge in [0, 0.05) is 45.5 Å². The molecule has 0 aliphatic heterocycles. The van der Waals surface area contributed by atoms with Gasteiger partial charge in [0.15, 0.2) is 6.23 Å². The van der Waals surface area contributed by atoms with Crippen molar-refractivity contribution in [3.8, 4) is 12.1 Å². The van der Waals surface area contributed by atoms with Gasteiger partial charge in [-0.3, -0.25) is 19.9 Å². The molecule has 0 amide bonds. The Labute approximate surface area is 247 Å². The molecular formula is C22H24Cl2N6O9Zn. The van der Waals surface area contributed by atoms with Gasteiger partial charge in [0.25, 0.3) is 0 Å². The summed E-state index contributed by atoms with van der Waals surface area (Å²) in [6, 6.07) is 20.5. The maximum atomic E-state index is 10.7. The van der Waals surface area contributed by atoms with Crippen molar-refractivity contribution in [2.24, 2.45) is 0 Å². The van der Waals surface area contributed by atoms with E-state index in [-0.39, 0.29) is 19.5 Å². The Bertz CT molecular complexity index is 1010. The molecule has 0 unspecified atom stereocenters. The molecule has 1 atom stereocenters. The number of hydrogen-bond acceptors (Lipinski definition) is 15. The number of rotatable bonds is 6. The summed E-state index contributed by atoms with van der Waals surface area (Å²) in [5, 5.41) is 25.3. The van der Waals surface area contributed by atoms with Crippen molar-refractivity contribution in [2.75, 3.05) is 0 Å². The maximum Gasteiger partial charge on any atom is 2.00 e. The van der Waals surface area contributed by atoms with Crippen molar-refractivity contribution in [1.29, 1.82) is 10.5 Å². The molecule has 3 aromatic heterocycles. The van der Waals surface area contributed by atoms with Gasteiger partial charge in [-0.2, -0.15) is 10.5 Å². The minimum atomic E-state index is -4.94. The zero-order valence-corrected chi connectivity index (χ0v) is 25.8. The Morgan fingerprint density at radius 3 is 1.25 bits per heavy atom. The summed E-state index contributed by atoms with van der Waals surface area (Å²) in [5.41, 5.74) is 2.39. The van der Waals surface area contributed by atoms with E-state index in [0.29, 0.717) is 18.8 Å². The average Bonchev–Trinajstić information content (AvgIpc) is 2.84. The third-order valence-corrected chi connectivity index (χ3v) is 3.48. The monoisotopic (exact) mass is 650 g/mol. The molecule has 3 rings (SSSR count). The first-order valence-electron chi connectivity index (χ1n) is 10.1. The number of pyridine rings is 3. The summed E-state index contributed by atoms with van der Waals surface area (Å²) in [6.07, 6.45) is 4.36. The SMILES string of the molecule is CC#N.CC#N.O[C@@H](c1ccccn1)N(Cc1ccccn1)Cc1ccccn1.[O-][Cl+3]([O-])([O-])[O-].[O-][Cl+3]([O-])([O-])[O-].[Zn+2]. The fourth-order valence-corrected chi connectivity index (χ4v) is 2.34. The van der Waals surface area contributed by atoms with Crippen LogP contribution in [0, 0.1) is 43.1 Å². The molecule has 1 N–H and O–H groups in total. The maximum absolute atomic E-state index is 10.7. The summed E-state index contributed by atoms with van der Waals surface area (Å²) in [6.45, 7) is 3.88. The van der Waals surface area contributed by atoms with Crippen LogP contribution in [-0.2, 0) is 32.6 Å². The van der Waals surface area contributed by atoms with Crippen LogP contribution in [0.2, 0.25) is 0 Å². The summed E-state index contributed by atoms with van der Waals surface area (Å²) in [5.74, 6) is 0. The molecule has 212 valence electrons. The standard InChI is InChI=1S/C18H18N4O.2C2H3N.2ClHO4.Zn/c23-18(17-9-3-6-12-21-17)22(13-15-7-1-4-10-19-15)14-16-8-2-5-11-20-16;2*1-2-3;2*2-1(3,4)5;/h1-12,18,23H,13-14H2;2*1H3;2*(H,2,3,4,5);/q;;;;;+2/p-2/t18-;;;;;/m0...../s1. The average molecular weight is 653 g/mol.